The van der Waals surface area contributed by atoms with Crippen LogP contribution in [-0.2, 0) is 4.79 Å². The Balaban J connectivity index is 3.73. The van der Waals surface area contributed by atoms with Crippen LogP contribution in [-0.4, -0.2) is 23.9 Å². The van der Waals surface area contributed by atoms with Gasteiger partial charge in [-0.05, 0) is 33.6 Å². The van der Waals surface area contributed by atoms with Gasteiger partial charge in [-0.1, -0.05) is 13.3 Å². The maximum Gasteiger partial charge on any atom is 0.315 e. The number of amides is 2. The molecule has 0 aromatic heterocycles. The van der Waals surface area contributed by atoms with Crippen molar-refractivity contribution in [1.29, 1.82) is 0 Å². The number of Topliss-reactive ketones (excluding diaryl/α,β-unsaturated/α-hetero) is 1. The van der Waals surface area contributed by atoms with Crippen LogP contribution >= 0.6 is 0 Å². The quantitative estimate of drug-likeness (QED) is 0.702. The Morgan fingerprint density at radius 3 is 2.00 bits per heavy atom. The Labute approximate surface area is 98.2 Å². The normalized spacial score (nSPS) is 14.0. The molecule has 2 N–H and O–H groups in total. The van der Waals surface area contributed by atoms with Crippen LogP contribution in [0.25, 0.3) is 0 Å². The number of nitrogens with one attached hydrogen (secondary N) is 2. The highest BCUT2D eigenvalue weighted by atomic mass is 16.2. The van der Waals surface area contributed by atoms with E-state index in [1.807, 2.05) is 13.8 Å². The molecule has 2 unspecified atom stereocenters. The maximum absolute atomic E-state index is 11.5. The van der Waals surface area contributed by atoms with E-state index in [1.165, 1.54) is 0 Å². The zero-order valence-electron chi connectivity index (χ0n) is 10.8. The highest BCUT2D eigenvalue weighted by Gasteiger charge is 2.09. The van der Waals surface area contributed by atoms with Gasteiger partial charge in [0.15, 0.2) is 0 Å². The molecule has 4 heteroatoms. The van der Waals surface area contributed by atoms with E-state index < -0.39 is 0 Å². The van der Waals surface area contributed by atoms with E-state index in [9.17, 15) is 9.59 Å². The lowest BCUT2D eigenvalue weighted by Crippen LogP contribution is -2.44. The summed E-state index contributed by atoms with van der Waals surface area (Å²) in [5, 5.41) is 5.69. The minimum Gasteiger partial charge on any atom is -0.336 e. The molecule has 0 aliphatic carbocycles. The highest BCUT2D eigenvalue weighted by Crippen LogP contribution is 1.98. The monoisotopic (exact) mass is 228 g/mol. The summed E-state index contributed by atoms with van der Waals surface area (Å²) in [7, 11) is 0. The molecule has 0 saturated heterocycles. The minimum absolute atomic E-state index is 0.0396. The summed E-state index contributed by atoms with van der Waals surface area (Å²) < 4.78 is 0. The van der Waals surface area contributed by atoms with Crippen molar-refractivity contribution in [2.75, 3.05) is 0 Å². The standard InChI is InChI=1S/C12H24N2O2/c1-5-6-9(2)13-12(16)14-10(3)7-8-11(4)15/h9-10H,5-8H2,1-4H3,(H2,13,14,16). The first-order valence-corrected chi connectivity index (χ1v) is 6.02. The average Bonchev–Trinajstić information content (AvgIpc) is 2.14. The molecule has 0 fully saturated rings. The lowest BCUT2D eigenvalue weighted by molar-refractivity contribution is -0.117. The van der Waals surface area contributed by atoms with Gasteiger partial charge in [-0.3, -0.25) is 0 Å². The molecule has 0 bridgehead atoms. The highest BCUT2D eigenvalue weighted by molar-refractivity contribution is 5.76. The molecule has 2 amide bonds. The fraction of sp³-hybridized carbons (Fsp3) is 0.833. The van der Waals surface area contributed by atoms with Crippen LogP contribution in [0.3, 0.4) is 0 Å². The Morgan fingerprint density at radius 2 is 1.56 bits per heavy atom. The van der Waals surface area contributed by atoms with E-state index in [0.717, 1.165) is 12.8 Å². The lowest BCUT2D eigenvalue weighted by atomic mass is 10.1. The molecule has 0 heterocycles. The zero-order chi connectivity index (χ0) is 12.6. The Kier molecular flexibility index (Phi) is 7.60. The third-order valence-corrected chi connectivity index (χ3v) is 2.41. The third kappa shape index (κ3) is 8.26. The van der Waals surface area contributed by atoms with Crippen LogP contribution in [0.2, 0.25) is 0 Å². The maximum atomic E-state index is 11.5. The van der Waals surface area contributed by atoms with E-state index in [1.54, 1.807) is 6.92 Å². The van der Waals surface area contributed by atoms with Crippen LogP contribution < -0.4 is 10.6 Å². The molecule has 2 atom stereocenters. The minimum atomic E-state index is -0.142. The summed E-state index contributed by atoms with van der Waals surface area (Å²) >= 11 is 0. The first-order chi connectivity index (χ1) is 7.45. The van der Waals surface area contributed by atoms with Gasteiger partial charge in [-0.15, -0.1) is 0 Å². The van der Waals surface area contributed by atoms with Gasteiger partial charge in [0.2, 0.25) is 0 Å². The molecule has 0 spiro atoms. The number of carbonyl (C=O) groups excluding carboxylic acids is 2. The van der Waals surface area contributed by atoms with E-state index in [2.05, 4.69) is 17.6 Å². The van der Waals surface area contributed by atoms with E-state index >= 15 is 0 Å². The fourth-order valence-corrected chi connectivity index (χ4v) is 1.49. The van der Waals surface area contributed by atoms with Crippen molar-refractivity contribution < 1.29 is 9.59 Å². The topological polar surface area (TPSA) is 58.2 Å². The molecule has 0 aliphatic rings. The molecule has 4 nitrogen and oxygen atoms in total. The number of hydrogen-bond donors (Lipinski definition) is 2. The number of urea groups is 1. The van der Waals surface area contributed by atoms with E-state index in [0.29, 0.717) is 12.8 Å². The van der Waals surface area contributed by atoms with Gasteiger partial charge in [0.05, 0.1) is 0 Å². The number of rotatable bonds is 7. The van der Waals surface area contributed by atoms with Crippen molar-refractivity contribution in [3.05, 3.63) is 0 Å². The fourth-order valence-electron chi connectivity index (χ4n) is 1.49. The largest absolute Gasteiger partial charge is 0.336 e. The second-order valence-corrected chi connectivity index (χ2v) is 4.45. The Morgan fingerprint density at radius 1 is 1.06 bits per heavy atom. The molecule has 0 aliphatic heterocycles. The van der Waals surface area contributed by atoms with E-state index in [4.69, 9.17) is 0 Å². The number of ketones is 1. The van der Waals surface area contributed by atoms with Gasteiger partial charge >= 0.3 is 6.03 Å². The van der Waals surface area contributed by atoms with Gasteiger partial charge in [0, 0.05) is 18.5 Å². The SMILES string of the molecule is CCCC(C)NC(=O)NC(C)CCC(C)=O. The first-order valence-electron chi connectivity index (χ1n) is 6.02. The molecule has 0 saturated carbocycles. The molecule has 0 aromatic carbocycles. The van der Waals surface area contributed by atoms with Crippen LogP contribution in [0.1, 0.15) is 53.4 Å². The van der Waals surface area contributed by atoms with Gasteiger partial charge < -0.3 is 15.4 Å². The number of hydrogen-bond acceptors (Lipinski definition) is 2. The van der Waals surface area contributed by atoms with Gasteiger partial charge in [0.1, 0.15) is 5.78 Å². The summed E-state index contributed by atoms with van der Waals surface area (Å²) in [4.78, 5) is 22.2. The second-order valence-electron chi connectivity index (χ2n) is 4.45. The summed E-state index contributed by atoms with van der Waals surface area (Å²) in [6.07, 6.45) is 3.26. The summed E-state index contributed by atoms with van der Waals surface area (Å²) in [5.41, 5.74) is 0. The number of carbonyl (C=O) groups is 2. The molecular formula is C12H24N2O2. The van der Waals surface area contributed by atoms with Crippen LogP contribution in [0.15, 0.2) is 0 Å². The lowest BCUT2D eigenvalue weighted by Gasteiger charge is -2.17. The smallest absolute Gasteiger partial charge is 0.315 e. The van der Waals surface area contributed by atoms with Crippen LogP contribution in [0.4, 0.5) is 4.79 Å². The van der Waals surface area contributed by atoms with Crippen molar-refractivity contribution in [2.24, 2.45) is 0 Å². The van der Waals surface area contributed by atoms with E-state index in [-0.39, 0.29) is 23.9 Å². The van der Waals surface area contributed by atoms with Crippen LogP contribution in [0.5, 0.6) is 0 Å². The van der Waals surface area contributed by atoms with Gasteiger partial charge in [-0.2, -0.15) is 0 Å². The molecule has 16 heavy (non-hydrogen) atoms. The van der Waals surface area contributed by atoms with Crippen molar-refractivity contribution in [1.82, 2.24) is 10.6 Å². The first kappa shape index (κ1) is 14.9. The third-order valence-electron chi connectivity index (χ3n) is 2.41. The van der Waals surface area contributed by atoms with Gasteiger partial charge in [-0.25, -0.2) is 4.79 Å². The summed E-state index contributed by atoms with van der Waals surface area (Å²) in [6, 6.07) is 0.0970. The van der Waals surface area contributed by atoms with Crippen LogP contribution in [0, 0.1) is 0 Å². The zero-order valence-corrected chi connectivity index (χ0v) is 10.8. The van der Waals surface area contributed by atoms with Crippen molar-refractivity contribution in [2.45, 2.75) is 65.5 Å². The molecule has 0 rings (SSSR count). The van der Waals surface area contributed by atoms with Gasteiger partial charge in [0.25, 0.3) is 0 Å². The molecule has 0 radical (unpaired) electrons. The predicted molar refractivity (Wildman–Crippen MR) is 65.4 cm³/mol. The second kappa shape index (κ2) is 8.13. The molecule has 94 valence electrons. The van der Waals surface area contributed by atoms with Crippen molar-refractivity contribution >= 4 is 11.8 Å². The molecule has 0 aromatic rings. The summed E-state index contributed by atoms with van der Waals surface area (Å²) in [5.74, 6) is 0.161. The Bertz CT molecular complexity index is 229. The van der Waals surface area contributed by atoms with Crippen molar-refractivity contribution in [3.63, 3.8) is 0 Å². The summed E-state index contributed by atoms with van der Waals surface area (Å²) in [6.45, 7) is 7.55. The molecular weight excluding hydrogens is 204 g/mol. The Hall–Kier alpha value is -1.06. The average molecular weight is 228 g/mol. The van der Waals surface area contributed by atoms with Crippen molar-refractivity contribution in [3.8, 4) is 0 Å². The predicted octanol–water partition coefficient (Wildman–Crippen LogP) is 2.23.